The maximum absolute atomic E-state index is 2.49. The molecule has 0 saturated carbocycles. The minimum atomic E-state index is 1.21. The normalized spacial score (nSPS) is 12.1. The zero-order valence-electron chi connectivity index (χ0n) is 21.4. The third kappa shape index (κ3) is 4.86. The predicted molar refractivity (Wildman–Crippen MR) is 167 cm³/mol. The number of thiophene rings is 3. The van der Waals surface area contributed by atoms with E-state index in [1.807, 2.05) is 34.0 Å². The van der Waals surface area contributed by atoms with Crippen LogP contribution in [0.4, 0.5) is 0 Å². The van der Waals surface area contributed by atoms with E-state index in [4.69, 9.17) is 0 Å². The van der Waals surface area contributed by atoms with E-state index in [1.54, 1.807) is 0 Å². The molecule has 0 bridgehead atoms. The van der Waals surface area contributed by atoms with Gasteiger partial charge in [-0.1, -0.05) is 87.8 Å². The summed E-state index contributed by atoms with van der Waals surface area (Å²) in [6.07, 6.45) is 12.3. The van der Waals surface area contributed by atoms with E-state index < -0.39 is 0 Å². The highest BCUT2D eigenvalue weighted by Crippen LogP contribution is 2.47. The maximum atomic E-state index is 2.49. The Morgan fingerprint density at radius 3 is 2.06 bits per heavy atom. The highest BCUT2D eigenvalue weighted by atomic mass is 32.1. The van der Waals surface area contributed by atoms with Crippen LogP contribution in [-0.4, -0.2) is 0 Å². The molecule has 3 aromatic carbocycles. The Balaban J connectivity index is 1.23. The van der Waals surface area contributed by atoms with Crippen molar-refractivity contribution >= 4 is 73.7 Å². The van der Waals surface area contributed by atoms with Crippen LogP contribution in [-0.2, 0) is 6.42 Å². The van der Waals surface area contributed by atoms with E-state index in [1.165, 1.54) is 119 Å². The SMILES string of the molecule is CCCCCCCCCCc1ccc2sc3c4cc5cc(-c6ccc(C)cc6)sc5cc4sc3c2c1. The highest BCUT2D eigenvalue weighted by Gasteiger charge is 2.15. The Hall–Kier alpha value is -2.20. The van der Waals surface area contributed by atoms with Crippen molar-refractivity contribution < 1.29 is 0 Å². The van der Waals surface area contributed by atoms with Crippen molar-refractivity contribution in [1.29, 1.82) is 0 Å². The summed E-state index contributed by atoms with van der Waals surface area (Å²) < 4.78 is 7.21. The molecule has 3 heteroatoms. The van der Waals surface area contributed by atoms with E-state index in [0.717, 1.165) is 0 Å². The lowest BCUT2D eigenvalue weighted by Gasteiger charge is -2.03. The topological polar surface area (TPSA) is 0 Å². The average molecular weight is 527 g/mol. The van der Waals surface area contributed by atoms with Crippen LogP contribution in [0.25, 0.3) is 50.1 Å². The van der Waals surface area contributed by atoms with Crippen molar-refractivity contribution in [1.82, 2.24) is 0 Å². The molecule has 184 valence electrons. The summed E-state index contributed by atoms with van der Waals surface area (Å²) in [6, 6.07) is 23.4. The fraction of sp³-hybridized carbons (Fsp3) is 0.333. The first-order valence-corrected chi connectivity index (χ1v) is 16.0. The minimum absolute atomic E-state index is 1.21. The molecule has 0 unspecified atom stereocenters. The smallest absolute Gasteiger partial charge is 0.0542 e. The zero-order valence-corrected chi connectivity index (χ0v) is 23.8. The van der Waals surface area contributed by atoms with Crippen molar-refractivity contribution in [3.05, 3.63) is 71.8 Å². The summed E-state index contributed by atoms with van der Waals surface area (Å²) in [5.74, 6) is 0. The van der Waals surface area contributed by atoms with Gasteiger partial charge in [-0.15, -0.1) is 34.0 Å². The van der Waals surface area contributed by atoms with Crippen molar-refractivity contribution in [3.63, 3.8) is 0 Å². The lowest BCUT2D eigenvalue weighted by atomic mass is 10.0. The predicted octanol–water partition coefficient (Wildman–Crippen LogP) is 12.1. The van der Waals surface area contributed by atoms with Crippen LogP contribution in [0.2, 0.25) is 0 Å². The molecule has 36 heavy (non-hydrogen) atoms. The van der Waals surface area contributed by atoms with Crippen LogP contribution in [0.3, 0.4) is 0 Å². The summed E-state index contributed by atoms with van der Waals surface area (Å²) >= 11 is 5.88. The van der Waals surface area contributed by atoms with Gasteiger partial charge in [-0.05, 0) is 66.6 Å². The molecule has 6 aromatic rings. The molecular formula is C33H34S3. The number of hydrogen-bond donors (Lipinski definition) is 0. The molecule has 0 nitrogen and oxygen atoms in total. The summed E-state index contributed by atoms with van der Waals surface area (Å²) in [7, 11) is 0. The van der Waals surface area contributed by atoms with Crippen LogP contribution < -0.4 is 0 Å². The van der Waals surface area contributed by atoms with E-state index in [-0.39, 0.29) is 0 Å². The Morgan fingerprint density at radius 1 is 0.583 bits per heavy atom. The monoisotopic (exact) mass is 526 g/mol. The molecule has 3 heterocycles. The van der Waals surface area contributed by atoms with Crippen LogP contribution >= 0.6 is 34.0 Å². The first-order chi connectivity index (χ1) is 17.7. The van der Waals surface area contributed by atoms with Crippen molar-refractivity contribution in [2.45, 2.75) is 71.6 Å². The van der Waals surface area contributed by atoms with Crippen molar-refractivity contribution in [2.75, 3.05) is 0 Å². The van der Waals surface area contributed by atoms with Gasteiger partial charge in [0.25, 0.3) is 0 Å². The molecule has 0 N–H and O–H groups in total. The number of hydrogen-bond acceptors (Lipinski definition) is 3. The van der Waals surface area contributed by atoms with E-state index in [9.17, 15) is 0 Å². The second-order valence-corrected chi connectivity index (χ2v) is 13.5. The Bertz CT molecular complexity index is 1620. The van der Waals surface area contributed by atoms with Gasteiger partial charge in [0.1, 0.15) is 0 Å². The largest absolute Gasteiger partial charge is 0.135 e. The van der Waals surface area contributed by atoms with E-state index in [0.29, 0.717) is 0 Å². The molecule has 0 saturated heterocycles. The molecule has 0 aliphatic heterocycles. The van der Waals surface area contributed by atoms with Crippen molar-refractivity contribution in [2.24, 2.45) is 0 Å². The third-order valence-electron chi connectivity index (χ3n) is 7.44. The molecule has 0 atom stereocenters. The van der Waals surface area contributed by atoms with Crippen LogP contribution in [0, 0.1) is 6.92 Å². The first-order valence-electron chi connectivity index (χ1n) is 13.6. The number of fused-ring (bicyclic) bond motifs is 6. The Kier molecular flexibility index (Phi) is 7.15. The number of benzene rings is 3. The lowest BCUT2D eigenvalue weighted by molar-refractivity contribution is 0.575. The Morgan fingerprint density at radius 2 is 1.28 bits per heavy atom. The summed E-state index contributed by atoms with van der Waals surface area (Å²) in [5, 5.41) is 4.27. The molecule has 0 amide bonds. The van der Waals surface area contributed by atoms with Crippen molar-refractivity contribution in [3.8, 4) is 10.4 Å². The summed E-state index contributed by atoms with van der Waals surface area (Å²) in [5.41, 5.74) is 4.14. The Labute approximate surface area is 226 Å². The second kappa shape index (κ2) is 10.7. The molecule has 3 aromatic heterocycles. The number of rotatable bonds is 10. The molecular weight excluding hydrogens is 493 g/mol. The maximum Gasteiger partial charge on any atom is 0.0542 e. The number of aryl methyl sites for hydroxylation is 2. The van der Waals surface area contributed by atoms with Gasteiger partial charge in [-0.25, -0.2) is 0 Å². The molecule has 0 fully saturated rings. The van der Waals surface area contributed by atoms with Crippen LogP contribution in [0.5, 0.6) is 0 Å². The van der Waals surface area contributed by atoms with E-state index >= 15 is 0 Å². The highest BCUT2D eigenvalue weighted by molar-refractivity contribution is 7.36. The van der Waals surface area contributed by atoms with Gasteiger partial charge in [-0.2, -0.15) is 0 Å². The van der Waals surface area contributed by atoms with Gasteiger partial charge in [0.05, 0.1) is 9.40 Å². The minimum Gasteiger partial charge on any atom is -0.135 e. The molecule has 0 aliphatic rings. The van der Waals surface area contributed by atoms with Crippen LogP contribution in [0.15, 0.2) is 60.7 Å². The van der Waals surface area contributed by atoms with Gasteiger partial charge >= 0.3 is 0 Å². The molecule has 0 radical (unpaired) electrons. The third-order valence-corrected chi connectivity index (χ3v) is 11.1. The van der Waals surface area contributed by atoms with Gasteiger partial charge in [0.15, 0.2) is 0 Å². The second-order valence-electron chi connectivity index (χ2n) is 10.3. The fourth-order valence-corrected chi connectivity index (χ4v) is 9.12. The summed E-state index contributed by atoms with van der Waals surface area (Å²) in [6.45, 7) is 4.44. The molecule has 6 rings (SSSR count). The molecule has 0 aliphatic carbocycles. The van der Waals surface area contributed by atoms with Gasteiger partial charge in [0, 0.05) is 29.7 Å². The number of unbranched alkanes of at least 4 members (excludes halogenated alkanes) is 7. The van der Waals surface area contributed by atoms with Gasteiger partial charge in [-0.3, -0.25) is 0 Å². The van der Waals surface area contributed by atoms with Gasteiger partial charge < -0.3 is 0 Å². The fourth-order valence-electron chi connectivity index (χ4n) is 5.32. The van der Waals surface area contributed by atoms with Crippen LogP contribution in [0.1, 0.15) is 69.4 Å². The van der Waals surface area contributed by atoms with Gasteiger partial charge in [0.2, 0.25) is 0 Å². The lowest BCUT2D eigenvalue weighted by Crippen LogP contribution is -1.86. The standard InChI is InChI=1S/C33H34S3/c1-3-4-5-6-7-8-9-10-11-23-14-17-28-26(18-23)32-33(35-28)27-19-25-20-29(24-15-12-22(2)13-16-24)34-30(25)21-31(27)36-32/h12-21H,3-11H2,1-2H3. The summed E-state index contributed by atoms with van der Waals surface area (Å²) in [4.78, 5) is 1.36. The first kappa shape index (κ1) is 24.2. The quantitative estimate of drug-likeness (QED) is 0.156. The van der Waals surface area contributed by atoms with E-state index in [2.05, 4.69) is 74.5 Å². The molecule has 0 spiro atoms. The average Bonchev–Trinajstić information content (AvgIpc) is 3.56. The zero-order chi connectivity index (χ0) is 24.5.